The lowest BCUT2D eigenvalue weighted by atomic mass is 10.1. The molecule has 0 heterocycles. The average Bonchev–Trinajstić information content (AvgIpc) is 2.40. The number of carbonyl (C=O) groups is 2. The molecule has 6 heteroatoms. The molecule has 1 rings (SSSR count). The summed E-state index contributed by atoms with van der Waals surface area (Å²) in [5.41, 5.74) is 1.20. The van der Waals surface area contributed by atoms with Crippen molar-refractivity contribution in [3.63, 3.8) is 0 Å². The average molecular weight is 279 g/mol. The van der Waals surface area contributed by atoms with E-state index in [0.29, 0.717) is 23.7 Å². The number of hydrogen-bond donors (Lipinski definition) is 3. The lowest BCUT2D eigenvalue weighted by Crippen LogP contribution is -2.28. The van der Waals surface area contributed by atoms with Crippen LogP contribution in [0.25, 0.3) is 0 Å². The summed E-state index contributed by atoms with van der Waals surface area (Å²) in [5, 5.41) is 8.43. The summed E-state index contributed by atoms with van der Waals surface area (Å²) in [6.07, 6.45) is 0. The number of carbonyl (C=O) groups excluding carboxylic acids is 2. The first kappa shape index (κ1) is 16.0. The van der Waals surface area contributed by atoms with Crippen LogP contribution >= 0.6 is 0 Å². The Morgan fingerprint density at radius 2 is 2.00 bits per heavy atom. The Kier molecular flexibility index (Phi) is 5.99. The Hall–Kier alpha value is -2.08. The van der Waals surface area contributed by atoms with Crippen molar-refractivity contribution in [2.45, 2.75) is 13.8 Å². The maximum absolute atomic E-state index is 11.9. The van der Waals surface area contributed by atoms with Gasteiger partial charge >= 0.3 is 0 Å². The molecule has 0 radical (unpaired) electrons. The Morgan fingerprint density at radius 1 is 1.30 bits per heavy atom. The van der Waals surface area contributed by atoms with Crippen molar-refractivity contribution >= 4 is 23.2 Å². The molecule has 0 bridgehead atoms. The van der Waals surface area contributed by atoms with Crippen LogP contribution in [0.1, 0.15) is 13.8 Å². The van der Waals surface area contributed by atoms with Crippen molar-refractivity contribution in [1.29, 1.82) is 0 Å². The van der Waals surface area contributed by atoms with Gasteiger partial charge in [-0.1, -0.05) is 6.92 Å². The normalized spacial score (nSPS) is 11.6. The quantitative estimate of drug-likeness (QED) is 0.736. The van der Waals surface area contributed by atoms with E-state index in [0.717, 1.165) is 0 Å². The number of hydrogen-bond acceptors (Lipinski definition) is 4. The van der Waals surface area contributed by atoms with Gasteiger partial charge < -0.3 is 20.7 Å². The van der Waals surface area contributed by atoms with Crippen molar-refractivity contribution in [2.75, 3.05) is 31.3 Å². The van der Waals surface area contributed by atoms with Crippen molar-refractivity contribution in [3.8, 4) is 5.75 Å². The summed E-state index contributed by atoms with van der Waals surface area (Å²) in [6, 6.07) is 5.09. The standard InChI is InChI=1S/C14H21N3O3/c1-9(8-15-3)14(19)17-11-5-6-12(16-10(2)18)13(7-11)20-4/h5-7,9,15H,8H2,1-4H3,(H,16,18)(H,17,19). The number of benzene rings is 1. The largest absolute Gasteiger partial charge is 0.494 e. The van der Waals surface area contributed by atoms with Crippen molar-refractivity contribution in [3.05, 3.63) is 18.2 Å². The minimum absolute atomic E-state index is 0.0753. The van der Waals surface area contributed by atoms with Crippen LogP contribution in [0.15, 0.2) is 18.2 Å². The third-order valence-corrected chi connectivity index (χ3v) is 2.74. The van der Waals surface area contributed by atoms with E-state index < -0.39 is 0 Å². The predicted octanol–water partition coefficient (Wildman–Crippen LogP) is 1.45. The molecule has 1 atom stereocenters. The number of amides is 2. The van der Waals surface area contributed by atoms with E-state index in [1.165, 1.54) is 14.0 Å². The molecule has 1 unspecified atom stereocenters. The van der Waals surface area contributed by atoms with E-state index in [-0.39, 0.29) is 17.7 Å². The molecule has 0 aliphatic carbocycles. The van der Waals surface area contributed by atoms with E-state index in [9.17, 15) is 9.59 Å². The van der Waals surface area contributed by atoms with Crippen molar-refractivity contribution in [1.82, 2.24) is 5.32 Å². The fourth-order valence-electron chi connectivity index (χ4n) is 1.73. The van der Waals surface area contributed by atoms with Crippen LogP contribution < -0.4 is 20.7 Å². The zero-order valence-corrected chi connectivity index (χ0v) is 12.2. The van der Waals surface area contributed by atoms with Gasteiger partial charge in [0.1, 0.15) is 5.75 Å². The van der Waals surface area contributed by atoms with Crippen LogP contribution in [0.3, 0.4) is 0 Å². The molecule has 2 amide bonds. The third-order valence-electron chi connectivity index (χ3n) is 2.74. The van der Waals surface area contributed by atoms with Gasteiger partial charge in [-0.05, 0) is 19.2 Å². The summed E-state index contributed by atoms with van der Waals surface area (Å²) in [7, 11) is 3.31. The Morgan fingerprint density at radius 3 is 2.55 bits per heavy atom. The Bertz CT molecular complexity index is 489. The lowest BCUT2D eigenvalue weighted by molar-refractivity contribution is -0.119. The third kappa shape index (κ3) is 4.55. The van der Waals surface area contributed by atoms with Gasteiger partial charge in [0.15, 0.2) is 0 Å². The number of methoxy groups -OCH3 is 1. The van der Waals surface area contributed by atoms with Gasteiger partial charge in [0.2, 0.25) is 11.8 Å². The summed E-state index contributed by atoms with van der Waals surface area (Å²) in [6.45, 7) is 3.87. The molecule has 0 aliphatic heterocycles. The molecular weight excluding hydrogens is 258 g/mol. The summed E-state index contributed by atoms with van der Waals surface area (Å²) >= 11 is 0. The molecule has 20 heavy (non-hydrogen) atoms. The van der Waals surface area contributed by atoms with Crippen LogP contribution in [-0.4, -0.2) is 32.5 Å². The second-order valence-electron chi connectivity index (χ2n) is 4.54. The molecule has 0 aromatic heterocycles. The number of nitrogens with one attached hydrogen (secondary N) is 3. The first-order valence-electron chi connectivity index (χ1n) is 6.39. The lowest BCUT2D eigenvalue weighted by Gasteiger charge is -2.14. The highest BCUT2D eigenvalue weighted by molar-refractivity contribution is 5.94. The van der Waals surface area contributed by atoms with Gasteiger partial charge in [0, 0.05) is 31.1 Å². The van der Waals surface area contributed by atoms with Gasteiger partial charge in [-0.3, -0.25) is 9.59 Å². The smallest absolute Gasteiger partial charge is 0.228 e. The zero-order valence-electron chi connectivity index (χ0n) is 12.2. The molecule has 1 aromatic rings. The van der Waals surface area contributed by atoms with Gasteiger partial charge in [0.25, 0.3) is 0 Å². The van der Waals surface area contributed by atoms with E-state index in [1.807, 2.05) is 6.92 Å². The minimum Gasteiger partial charge on any atom is -0.494 e. The molecule has 0 saturated carbocycles. The van der Waals surface area contributed by atoms with E-state index in [2.05, 4.69) is 16.0 Å². The monoisotopic (exact) mass is 279 g/mol. The number of rotatable bonds is 6. The highest BCUT2D eigenvalue weighted by Gasteiger charge is 2.13. The molecule has 110 valence electrons. The van der Waals surface area contributed by atoms with Gasteiger partial charge in [-0.25, -0.2) is 0 Å². The van der Waals surface area contributed by atoms with E-state index in [1.54, 1.807) is 25.2 Å². The van der Waals surface area contributed by atoms with Crippen LogP contribution in [0.5, 0.6) is 5.75 Å². The summed E-state index contributed by atoms with van der Waals surface area (Å²) < 4.78 is 5.20. The fraction of sp³-hybridized carbons (Fsp3) is 0.429. The number of anilines is 2. The molecule has 1 aromatic carbocycles. The second-order valence-corrected chi connectivity index (χ2v) is 4.54. The first-order valence-corrected chi connectivity index (χ1v) is 6.39. The van der Waals surface area contributed by atoms with Crippen molar-refractivity contribution in [2.24, 2.45) is 5.92 Å². The van der Waals surface area contributed by atoms with Gasteiger partial charge in [-0.15, -0.1) is 0 Å². The maximum Gasteiger partial charge on any atom is 0.228 e. The molecule has 6 nitrogen and oxygen atoms in total. The van der Waals surface area contributed by atoms with Gasteiger partial charge in [0.05, 0.1) is 12.8 Å². The summed E-state index contributed by atoms with van der Waals surface area (Å²) in [4.78, 5) is 23.0. The molecular formula is C14H21N3O3. The maximum atomic E-state index is 11.9. The van der Waals surface area contributed by atoms with E-state index >= 15 is 0 Å². The van der Waals surface area contributed by atoms with Crippen LogP contribution in [-0.2, 0) is 9.59 Å². The molecule has 0 saturated heterocycles. The molecule has 0 aliphatic rings. The number of ether oxygens (including phenoxy) is 1. The van der Waals surface area contributed by atoms with Crippen LogP contribution in [0.4, 0.5) is 11.4 Å². The highest BCUT2D eigenvalue weighted by atomic mass is 16.5. The topological polar surface area (TPSA) is 79.5 Å². The predicted molar refractivity (Wildman–Crippen MR) is 79.0 cm³/mol. The Labute approximate surface area is 118 Å². The molecule has 0 spiro atoms. The zero-order chi connectivity index (χ0) is 15.1. The minimum atomic E-state index is -0.178. The fourth-order valence-corrected chi connectivity index (χ4v) is 1.73. The molecule has 3 N–H and O–H groups in total. The second kappa shape index (κ2) is 7.49. The highest BCUT2D eigenvalue weighted by Crippen LogP contribution is 2.28. The SMILES string of the molecule is CNCC(C)C(=O)Nc1ccc(NC(C)=O)c(OC)c1. The van der Waals surface area contributed by atoms with Crippen LogP contribution in [0, 0.1) is 5.92 Å². The summed E-state index contributed by atoms with van der Waals surface area (Å²) in [5.74, 6) is 0.108. The molecule has 0 fully saturated rings. The van der Waals surface area contributed by atoms with Crippen molar-refractivity contribution < 1.29 is 14.3 Å². The van der Waals surface area contributed by atoms with Gasteiger partial charge in [-0.2, -0.15) is 0 Å². The Balaban J connectivity index is 2.82. The van der Waals surface area contributed by atoms with E-state index in [4.69, 9.17) is 4.74 Å². The van der Waals surface area contributed by atoms with Crippen LogP contribution in [0.2, 0.25) is 0 Å². The first-order chi connectivity index (χ1) is 9.47.